The van der Waals surface area contributed by atoms with Crippen LogP contribution < -0.4 is 15.4 Å². The van der Waals surface area contributed by atoms with Gasteiger partial charge in [-0.25, -0.2) is 10.3 Å². The second kappa shape index (κ2) is 5.29. The van der Waals surface area contributed by atoms with E-state index in [9.17, 15) is 4.39 Å². The molecule has 0 aromatic heterocycles. The molecule has 0 heterocycles. The van der Waals surface area contributed by atoms with Crippen molar-refractivity contribution in [3.63, 3.8) is 0 Å². The summed E-state index contributed by atoms with van der Waals surface area (Å²) in [6.45, 7) is 0.0257. The molecule has 0 bridgehead atoms. The van der Waals surface area contributed by atoms with Crippen LogP contribution >= 0.6 is 15.9 Å². The van der Waals surface area contributed by atoms with Crippen molar-refractivity contribution in [1.82, 2.24) is 0 Å². The van der Waals surface area contributed by atoms with Crippen LogP contribution in [0.3, 0.4) is 0 Å². The molecule has 0 fully saturated rings. The minimum absolute atomic E-state index is 0.0257. The highest BCUT2D eigenvalue weighted by Crippen LogP contribution is 2.38. The van der Waals surface area contributed by atoms with Gasteiger partial charge in [0.25, 0.3) is 0 Å². The van der Waals surface area contributed by atoms with Crippen molar-refractivity contribution in [3.05, 3.63) is 21.9 Å². The predicted octanol–water partition coefficient (Wildman–Crippen LogP) is 2.00. The smallest absolute Gasteiger partial charge is 0.167 e. The van der Waals surface area contributed by atoms with Crippen LogP contribution in [-0.4, -0.2) is 14.2 Å². The molecule has 84 valence electrons. The number of hydrogen-bond acceptors (Lipinski definition) is 4. The first-order valence-electron chi connectivity index (χ1n) is 4.06. The van der Waals surface area contributed by atoms with Crippen LogP contribution in [0.2, 0.25) is 0 Å². The molecule has 6 heteroatoms. The fourth-order valence-corrected chi connectivity index (χ4v) is 1.63. The Morgan fingerprint density at radius 1 is 1.40 bits per heavy atom. The highest BCUT2D eigenvalue weighted by molar-refractivity contribution is 9.10. The summed E-state index contributed by atoms with van der Waals surface area (Å²) in [4.78, 5) is 4.47. The fraction of sp³-hybridized carbons (Fsp3) is 0.333. The van der Waals surface area contributed by atoms with Crippen LogP contribution in [0.1, 0.15) is 5.56 Å². The number of rotatable bonds is 4. The average Bonchev–Trinajstić information content (AvgIpc) is 2.24. The van der Waals surface area contributed by atoms with Crippen LogP contribution in [-0.2, 0) is 11.4 Å². The highest BCUT2D eigenvalue weighted by Gasteiger charge is 2.18. The number of nitrogens with two attached hydrogens (primary N) is 1. The number of benzene rings is 1. The molecule has 0 aliphatic carbocycles. The van der Waals surface area contributed by atoms with E-state index in [0.29, 0.717) is 17.1 Å². The molecule has 0 atom stereocenters. The number of hydrogen-bond donors (Lipinski definition) is 1. The van der Waals surface area contributed by atoms with Gasteiger partial charge in [-0.3, -0.25) is 4.84 Å². The summed E-state index contributed by atoms with van der Waals surface area (Å²) in [7, 11) is 2.89. The zero-order valence-corrected chi connectivity index (χ0v) is 9.93. The lowest BCUT2D eigenvalue weighted by atomic mass is 10.2. The molecular weight excluding hydrogens is 269 g/mol. The summed E-state index contributed by atoms with van der Waals surface area (Å²) < 4.78 is 23.7. The second-order valence-corrected chi connectivity index (χ2v) is 3.49. The molecule has 0 radical (unpaired) electrons. The quantitative estimate of drug-likeness (QED) is 0.857. The van der Waals surface area contributed by atoms with Crippen LogP contribution in [0.5, 0.6) is 11.5 Å². The Hall–Kier alpha value is -0.850. The third-order valence-corrected chi connectivity index (χ3v) is 2.74. The summed E-state index contributed by atoms with van der Waals surface area (Å²) in [5, 5.41) is 0. The van der Waals surface area contributed by atoms with Crippen molar-refractivity contribution in [2.24, 2.45) is 5.90 Å². The van der Waals surface area contributed by atoms with Crippen LogP contribution in [0.4, 0.5) is 4.39 Å². The number of ether oxygens (including phenoxy) is 2. The maximum atomic E-state index is 13.4. The summed E-state index contributed by atoms with van der Waals surface area (Å²) in [6.07, 6.45) is 0. The summed E-state index contributed by atoms with van der Waals surface area (Å²) in [5.74, 6) is 5.19. The Bertz CT molecular complexity index is 360. The van der Waals surface area contributed by atoms with Gasteiger partial charge in [0.1, 0.15) is 5.82 Å². The molecule has 15 heavy (non-hydrogen) atoms. The lowest BCUT2D eigenvalue weighted by Crippen LogP contribution is -2.04. The molecule has 1 rings (SSSR count). The van der Waals surface area contributed by atoms with Crippen molar-refractivity contribution in [2.75, 3.05) is 14.2 Å². The zero-order valence-electron chi connectivity index (χ0n) is 8.34. The maximum absolute atomic E-state index is 13.4. The fourth-order valence-electron chi connectivity index (χ4n) is 1.22. The van der Waals surface area contributed by atoms with E-state index in [-0.39, 0.29) is 11.1 Å². The second-order valence-electron chi connectivity index (χ2n) is 2.70. The Morgan fingerprint density at radius 3 is 2.53 bits per heavy atom. The number of methoxy groups -OCH3 is 2. The van der Waals surface area contributed by atoms with E-state index in [2.05, 4.69) is 20.8 Å². The minimum Gasteiger partial charge on any atom is -0.493 e. The molecule has 0 spiro atoms. The monoisotopic (exact) mass is 279 g/mol. The lowest BCUT2D eigenvalue weighted by molar-refractivity contribution is 0.121. The van der Waals surface area contributed by atoms with Crippen LogP contribution in [0, 0.1) is 5.82 Å². The molecular formula is C9H11BrFNO3. The highest BCUT2D eigenvalue weighted by atomic mass is 79.9. The molecule has 0 saturated carbocycles. The Labute approximate surface area is 95.2 Å². The SMILES string of the molecule is COc1cc(F)c(Br)c(CON)c1OC. The summed E-state index contributed by atoms with van der Waals surface area (Å²) in [5.41, 5.74) is 0.469. The van der Waals surface area contributed by atoms with Crippen molar-refractivity contribution < 1.29 is 18.7 Å². The van der Waals surface area contributed by atoms with E-state index >= 15 is 0 Å². The number of halogens is 2. The van der Waals surface area contributed by atoms with Gasteiger partial charge in [-0.2, -0.15) is 0 Å². The molecule has 0 aliphatic rings. The van der Waals surface area contributed by atoms with E-state index in [1.807, 2.05) is 0 Å². The van der Waals surface area contributed by atoms with Gasteiger partial charge in [-0.15, -0.1) is 0 Å². The van der Waals surface area contributed by atoms with Gasteiger partial charge in [0.15, 0.2) is 11.5 Å². The van der Waals surface area contributed by atoms with E-state index in [0.717, 1.165) is 0 Å². The van der Waals surface area contributed by atoms with Gasteiger partial charge in [-0.05, 0) is 15.9 Å². The molecule has 1 aromatic rings. The van der Waals surface area contributed by atoms with Crippen molar-refractivity contribution >= 4 is 15.9 Å². The first kappa shape index (κ1) is 12.2. The zero-order chi connectivity index (χ0) is 11.4. The summed E-state index contributed by atoms with van der Waals surface area (Å²) >= 11 is 3.09. The average molecular weight is 280 g/mol. The molecule has 0 amide bonds. The predicted molar refractivity (Wildman–Crippen MR) is 56.2 cm³/mol. The van der Waals surface area contributed by atoms with Crippen molar-refractivity contribution in [3.8, 4) is 11.5 Å². The van der Waals surface area contributed by atoms with Crippen LogP contribution in [0.15, 0.2) is 10.5 Å². The standard InChI is InChI=1S/C9H11BrFNO3/c1-13-7-3-6(11)8(10)5(4-15-12)9(7)14-2/h3H,4,12H2,1-2H3. The molecule has 0 aliphatic heterocycles. The Kier molecular flexibility index (Phi) is 4.31. The van der Waals surface area contributed by atoms with E-state index < -0.39 is 5.82 Å². The first-order chi connectivity index (χ1) is 7.15. The van der Waals surface area contributed by atoms with E-state index in [4.69, 9.17) is 15.4 Å². The van der Waals surface area contributed by atoms with E-state index in [1.54, 1.807) is 0 Å². The summed E-state index contributed by atoms with van der Waals surface area (Å²) in [6, 6.07) is 1.23. The van der Waals surface area contributed by atoms with Gasteiger partial charge in [0.05, 0.1) is 25.3 Å². The first-order valence-corrected chi connectivity index (χ1v) is 4.85. The van der Waals surface area contributed by atoms with Crippen LogP contribution in [0.25, 0.3) is 0 Å². The Balaban J connectivity index is 3.35. The topological polar surface area (TPSA) is 53.7 Å². The largest absolute Gasteiger partial charge is 0.493 e. The molecule has 0 unspecified atom stereocenters. The molecule has 1 aromatic carbocycles. The third kappa shape index (κ3) is 2.39. The van der Waals surface area contributed by atoms with Crippen molar-refractivity contribution in [1.29, 1.82) is 0 Å². The van der Waals surface area contributed by atoms with Gasteiger partial charge in [0, 0.05) is 11.6 Å². The normalized spacial score (nSPS) is 10.2. The lowest BCUT2D eigenvalue weighted by Gasteiger charge is -2.14. The van der Waals surface area contributed by atoms with Gasteiger partial charge >= 0.3 is 0 Å². The van der Waals surface area contributed by atoms with Gasteiger partial charge < -0.3 is 9.47 Å². The van der Waals surface area contributed by atoms with Crippen molar-refractivity contribution in [2.45, 2.75) is 6.61 Å². The Morgan fingerprint density at radius 2 is 2.07 bits per heavy atom. The van der Waals surface area contributed by atoms with Gasteiger partial charge in [-0.1, -0.05) is 0 Å². The maximum Gasteiger partial charge on any atom is 0.167 e. The van der Waals surface area contributed by atoms with E-state index in [1.165, 1.54) is 20.3 Å². The molecule has 2 N–H and O–H groups in total. The van der Waals surface area contributed by atoms with Gasteiger partial charge in [0.2, 0.25) is 0 Å². The third-order valence-electron chi connectivity index (χ3n) is 1.88. The molecule has 4 nitrogen and oxygen atoms in total. The minimum atomic E-state index is -0.459. The molecule has 0 saturated heterocycles.